The van der Waals surface area contributed by atoms with Crippen molar-refractivity contribution < 1.29 is 0 Å². The van der Waals surface area contributed by atoms with Crippen LogP contribution in [0.4, 0.5) is 0 Å². The highest BCUT2D eigenvalue weighted by molar-refractivity contribution is 5.85. The topological polar surface area (TPSA) is 15.3 Å². The molecule has 0 unspecified atom stereocenters. The van der Waals surface area contributed by atoms with E-state index in [0.29, 0.717) is 6.04 Å². The Labute approximate surface area is 160 Å². The van der Waals surface area contributed by atoms with Crippen molar-refractivity contribution in [2.45, 2.75) is 59.9 Å². The van der Waals surface area contributed by atoms with Crippen LogP contribution in [0.3, 0.4) is 0 Å². The lowest BCUT2D eigenvalue weighted by Gasteiger charge is -2.45. The molecule has 2 aliphatic rings. The summed E-state index contributed by atoms with van der Waals surface area (Å²) in [6.07, 6.45) is 4.26. The van der Waals surface area contributed by atoms with Gasteiger partial charge < -0.3 is 5.32 Å². The summed E-state index contributed by atoms with van der Waals surface area (Å²) in [5, 5.41) is 3.52. The molecule has 4 heteroatoms. The number of hydrogen-bond acceptors (Lipinski definition) is 2. The van der Waals surface area contributed by atoms with Crippen molar-refractivity contribution in [2.24, 2.45) is 5.92 Å². The Kier molecular flexibility index (Phi) is 8.06. The summed E-state index contributed by atoms with van der Waals surface area (Å²) in [6.45, 7) is 16.3. The van der Waals surface area contributed by atoms with E-state index in [1.807, 2.05) is 0 Å². The van der Waals surface area contributed by atoms with Gasteiger partial charge in [0.1, 0.15) is 0 Å². The molecule has 1 atom stereocenters. The first-order valence-corrected chi connectivity index (χ1v) is 9.04. The van der Waals surface area contributed by atoms with Gasteiger partial charge in [-0.25, -0.2) is 0 Å². The highest BCUT2D eigenvalue weighted by Crippen LogP contribution is 2.45. The molecule has 138 valence electrons. The lowest BCUT2D eigenvalue weighted by Crippen LogP contribution is -2.48. The molecule has 2 fully saturated rings. The molecule has 0 spiro atoms. The predicted octanol–water partition coefficient (Wildman–Crippen LogP) is 4.82. The number of nitrogens with one attached hydrogen (secondary N) is 1. The van der Waals surface area contributed by atoms with Crippen molar-refractivity contribution in [3.05, 3.63) is 33.4 Å². The smallest absolute Gasteiger partial charge is 0.0382 e. The fourth-order valence-corrected chi connectivity index (χ4v) is 4.40. The van der Waals surface area contributed by atoms with Gasteiger partial charge in [0, 0.05) is 32.2 Å². The van der Waals surface area contributed by atoms with E-state index in [-0.39, 0.29) is 24.8 Å². The number of benzene rings is 1. The number of halogens is 2. The van der Waals surface area contributed by atoms with Gasteiger partial charge in [-0.3, -0.25) is 4.90 Å². The van der Waals surface area contributed by atoms with Gasteiger partial charge in [0.2, 0.25) is 0 Å². The van der Waals surface area contributed by atoms with Gasteiger partial charge in [0.15, 0.2) is 0 Å². The fourth-order valence-electron chi connectivity index (χ4n) is 4.40. The molecule has 1 aromatic rings. The molecule has 3 rings (SSSR count). The zero-order valence-corrected chi connectivity index (χ0v) is 17.5. The molecule has 0 aromatic heterocycles. The highest BCUT2D eigenvalue weighted by atomic mass is 35.5. The first-order valence-electron chi connectivity index (χ1n) is 9.04. The molecule has 1 saturated carbocycles. The van der Waals surface area contributed by atoms with Gasteiger partial charge >= 0.3 is 0 Å². The van der Waals surface area contributed by atoms with Crippen LogP contribution >= 0.6 is 24.8 Å². The molecule has 1 aliphatic carbocycles. The first kappa shape index (κ1) is 21.8. The van der Waals surface area contributed by atoms with Crippen molar-refractivity contribution in [2.75, 3.05) is 26.2 Å². The summed E-state index contributed by atoms with van der Waals surface area (Å²) in [7, 11) is 0. The Balaban J connectivity index is 0.00000144. The SMILES string of the molecule is Cc1c(C)c(C)c([C@H](C2CCC2)N2CCNCC2)c(C)c1C.Cl.Cl. The van der Waals surface area contributed by atoms with Crippen LogP contribution in [0.2, 0.25) is 0 Å². The molecular formula is C20H34Cl2N2. The average Bonchev–Trinajstić information content (AvgIpc) is 2.49. The van der Waals surface area contributed by atoms with Crippen LogP contribution in [-0.4, -0.2) is 31.1 Å². The summed E-state index contributed by atoms with van der Waals surface area (Å²) in [5.41, 5.74) is 9.28. The van der Waals surface area contributed by atoms with Crippen molar-refractivity contribution in [3.8, 4) is 0 Å². The molecule has 0 radical (unpaired) electrons. The van der Waals surface area contributed by atoms with Crippen molar-refractivity contribution >= 4 is 24.8 Å². The van der Waals surface area contributed by atoms with Crippen LogP contribution in [0.1, 0.15) is 58.7 Å². The zero-order chi connectivity index (χ0) is 15.9. The van der Waals surface area contributed by atoms with Crippen LogP contribution in [0.15, 0.2) is 0 Å². The van der Waals surface area contributed by atoms with Crippen LogP contribution in [0.5, 0.6) is 0 Å². The lowest BCUT2D eigenvalue weighted by molar-refractivity contribution is 0.0828. The van der Waals surface area contributed by atoms with Gasteiger partial charge in [-0.1, -0.05) is 6.42 Å². The monoisotopic (exact) mass is 372 g/mol. The first-order chi connectivity index (χ1) is 10.5. The van der Waals surface area contributed by atoms with Crippen molar-refractivity contribution in [1.82, 2.24) is 10.2 Å². The van der Waals surface area contributed by atoms with E-state index in [4.69, 9.17) is 0 Å². The van der Waals surface area contributed by atoms with E-state index >= 15 is 0 Å². The lowest BCUT2D eigenvalue weighted by atomic mass is 9.73. The molecule has 1 aromatic carbocycles. The molecule has 1 aliphatic heterocycles. The zero-order valence-electron chi connectivity index (χ0n) is 15.9. The third-order valence-electron chi connectivity index (χ3n) is 6.50. The Hall–Kier alpha value is -0.280. The van der Waals surface area contributed by atoms with Crippen molar-refractivity contribution in [1.29, 1.82) is 0 Å². The Morgan fingerprint density at radius 2 is 1.25 bits per heavy atom. The minimum atomic E-state index is 0. The number of piperazine rings is 1. The van der Waals surface area contributed by atoms with Crippen LogP contribution in [0.25, 0.3) is 0 Å². The molecule has 1 N–H and O–H groups in total. The minimum absolute atomic E-state index is 0. The van der Waals surface area contributed by atoms with E-state index in [1.165, 1.54) is 49.0 Å². The maximum absolute atomic E-state index is 3.52. The average molecular weight is 373 g/mol. The van der Waals surface area contributed by atoms with Crippen molar-refractivity contribution in [3.63, 3.8) is 0 Å². The Morgan fingerprint density at radius 3 is 1.67 bits per heavy atom. The van der Waals surface area contributed by atoms with Gasteiger partial charge in [-0.2, -0.15) is 0 Å². The highest BCUT2D eigenvalue weighted by Gasteiger charge is 2.35. The normalized spacial score (nSPS) is 19.9. The van der Waals surface area contributed by atoms with Gasteiger partial charge in [-0.05, 0) is 86.8 Å². The van der Waals surface area contributed by atoms with E-state index in [0.717, 1.165) is 19.0 Å². The van der Waals surface area contributed by atoms with Gasteiger partial charge in [-0.15, -0.1) is 24.8 Å². The maximum Gasteiger partial charge on any atom is 0.0382 e. The number of rotatable bonds is 3. The third-order valence-corrected chi connectivity index (χ3v) is 6.50. The summed E-state index contributed by atoms with van der Waals surface area (Å²) in [4.78, 5) is 2.77. The molecule has 2 nitrogen and oxygen atoms in total. The van der Waals surface area contributed by atoms with Gasteiger partial charge in [0.05, 0.1) is 0 Å². The number of nitrogens with zero attached hydrogens (tertiary/aromatic N) is 1. The van der Waals surface area contributed by atoms with E-state index in [9.17, 15) is 0 Å². The second-order valence-electron chi connectivity index (χ2n) is 7.46. The molecule has 24 heavy (non-hydrogen) atoms. The molecule has 0 bridgehead atoms. The Bertz CT molecular complexity index is 532. The fraction of sp³-hybridized carbons (Fsp3) is 0.700. The largest absolute Gasteiger partial charge is 0.314 e. The summed E-state index contributed by atoms with van der Waals surface area (Å²) >= 11 is 0. The minimum Gasteiger partial charge on any atom is -0.314 e. The summed E-state index contributed by atoms with van der Waals surface area (Å²) < 4.78 is 0. The molecule has 1 saturated heterocycles. The standard InChI is InChI=1S/C20H32N2.2ClH/c1-13-14(2)16(4)19(17(5)15(13)3)20(18-7-6-8-18)22-11-9-21-10-12-22;;/h18,20-21H,6-12H2,1-5H3;2*1H/t20-;;/m0../s1. The summed E-state index contributed by atoms with van der Waals surface area (Å²) in [5.74, 6) is 0.872. The second-order valence-corrected chi connectivity index (χ2v) is 7.46. The summed E-state index contributed by atoms with van der Waals surface area (Å²) in [6, 6.07) is 0.647. The van der Waals surface area contributed by atoms with E-state index < -0.39 is 0 Å². The second kappa shape index (κ2) is 8.89. The van der Waals surface area contributed by atoms with E-state index in [2.05, 4.69) is 44.8 Å². The molecule has 1 heterocycles. The maximum atomic E-state index is 3.52. The van der Waals surface area contributed by atoms with Crippen LogP contribution < -0.4 is 5.32 Å². The third kappa shape index (κ3) is 3.77. The Morgan fingerprint density at radius 1 is 0.792 bits per heavy atom. The molecular weight excluding hydrogens is 339 g/mol. The van der Waals surface area contributed by atoms with Crippen LogP contribution in [-0.2, 0) is 0 Å². The molecule has 0 amide bonds. The number of hydrogen-bond donors (Lipinski definition) is 1. The quantitative estimate of drug-likeness (QED) is 0.817. The van der Waals surface area contributed by atoms with E-state index in [1.54, 1.807) is 16.7 Å². The predicted molar refractivity (Wildman–Crippen MR) is 109 cm³/mol. The van der Waals surface area contributed by atoms with Crippen LogP contribution in [0, 0.1) is 40.5 Å². The van der Waals surface area contributed by atoms with Gasteiger partial charge in [0.25, 0.3) is 0 Å².